The molecule has 1 aromatic rings. The van der Waals surface area contributed by atoms with Crippen molar-refractivity contribution in [2.24, 2.45) is 5.92 Å². The van der Waals surface area contributed by atoms with Crippen molar-refractivity contribution in [1.82, 2.24) is 15.1 Å². The summed E-state index contributed by atoms with van der Waals surface area (Å²) in [6.07, 6.45) is 2.07. The molecule has 5 heteroatoms. The van der Waals surface area contributed by atoms with Gasteiger partial charge >= 0.3 is 6.03 Å². The number of urea groups is 1. The highest BCUT2D eigenvalue weighted by Gasteiger charge is 2.22. The van der Waals surface area contributed by atoms with Gasteiger partial charge in [-0.25, -0.2) is 4.79 Å². The zero-order valence-corrected chi connectivity index (χ0v) is 15.4. The van der Waals surface area contributed by atoms with Crippen LogP contribution in [0.3, 0.4) is 0 Å². The normalized spacial score (nSPS) is 16.2. The molecule has 24 heavy (non-hydrogen) atoms. The van der Waals surface area contributed by atoms with E-state index in [4.69, 9.17) is 4.74 Å². The molecule has 1 saturated heterocycles. The van der Waals surface area contributed by atoms with Gasteiger partial charge in [0, 0.05) is 39.3 Å². The molecule has 0 bridgehead atoms. The molecule has 0 aromatic heterocycles. The van der Waals surface area contributed by atoms with Gasteiger partial charge in [0.1, 0.15) is 5.75 Å². The summed E-state index contributed by atoms with van der Waals surface area (Å²) in [4.78, 5) is 16.6. The molecular weight excluding hydrogens is 302 g/mol. The molecule has 1 aliphatic rings. The van der Waals surface area contributed by atoms with Gasteiger partial charge in [0.05, 0.1) is 7.11 Å². The Labute approximate surface area is 146 Å². The van der Waals surface area contributed by atoms with Crippen LogP contribution in [-0.4, -0.2) is 55.7 Å². The molecular formula is C19H31N3O2. The van der Waals surface area contributed by atoms with E-state index in [0.29, 0.717) is 18.5 Å². The number of nitrogens with one attached hydrogen (secondary N) is 1. The van der Waals surface area contributed by atoms with E-state index < -0.39 is 0 Å². The van der Waals surface area contributed by atoms with Crippen LogP contribution in [0, 0.1) is 5.92 Å². The number of piperidine rings is 1. The first kappa shape index (κ1) is 18.6. The zero-order valence-electron chi connectivity index (χ0n) is 15.4. The molecule has 0 atom stereocenters. The lowest BCUT2D eigenvalue weighted by molar-refractivity contribution is 0.167. The molecule has 1 heterocycles. The van der Waals surface area contributed by atoms with Gasteiger partial charge in [-0.05, 0) is 36.5 Å². The van der Waals surface area contributed by atoms with E-state index in [1.54, 1.807) is 12.0 Å². The summed E-state index contributed by atoms with van der Waals surface area (Å²) in [7, 11) is 3.49. The molecule has 5 nitrogen and oxygen atoms in total. The topological polar surface area (TPSA) is 44.8 Å². The zero-order chi connectivity index (χ0) is 17.5. The van der Waals surface area contributed by atoms with Crippen LogP contribution < -0.4 is 10.1 Å². The molecule has 0 spiro atoms. The van der Waals surface area contributed by atoms with Gasteiger partial charge in [-0.3, -0.25) is 0 Å². The van der Waals surface area contributed by atoms with Crippen molar-refractivity contribution in [2.75, 3.05) is 33.8 Å². The minimum Gasteiger partial charge on any atom is -0.497 e. The highest BCUT2D eigenvalue weighted by molar-refractivity contribution is 5.74. The third-order valence-electron chi connectivity index (χ3n) is 4.46. The van der Waals surface area contributed by atoms with Gasteiger partial charge in [-0.2, -0.15) is 0 Å². The van der Waals surface area contributed by atoms with Gasteiger partial charge in [-0.15, -0.1) is 0 Å². The van der Waals surface area contributed by atoms with E-state index in [-0.39, 0.29) is 6.03 Å². The molecule has 2 rings (SSSR count). The number of methoxy groups -OCH3 is 1. The van der Waals surface area contributed by atoms with Crippen molar-refractivity contribution in [2.45, 2.75) is 39.3 Å². The SMILES string of the molecule is COc1ccc(CN(C)C(=O)NC2CCN(CC(C)C)CC2)cc1. The first-order valence-electron chi connectivity index (χ1n) is 8.85. The fraction of sp³-hybridized carbons (Fsp3) is 0.632. The first-order chi connectivity index (χ1) is 11.5. The van der Waals surface area contributed by atoms with Crippen LogP contribution in [0.1, 0.15) is 32.3 Å². The molecule has 0 saturated carbocycles. The number of rotatable bonds is 6. The average molecular weight is 333 g/mol. The largest absolute Gasteiger partial charge is 0.497 e. The van der Waals surface area contributed by atoms with Crippen LogP contribution in [-0.2, 0) is 6.54 Å². The maximum Gasteiger partial charge on any atom is 0.317 e. The van der Waals surface area contributed by atoms with Crippen LogP contribution in [0.25, 0.3) is 0 Å². The van der Waals surface area contributed by atoms with Crippen molar-refractivity contribution in [3.63, 3.8) is 0 Å². The van der Waals surface area contributed by atoms with Gasteiger partial charge in [0.25, 0.3) is 0 Å². The summed E-state index contributed by atoms with van der Waals surface area (Å²) in [6.45, 7) is 8.40. The second kappa shape index (κ2) is 8.92. The summed E-state index contributed by atoms with van der Waals surface area (Å²) < 4.78 is 5.16. The van der Waals surface area contributed by atoms with Crippen LogP contribution in [0.4, 0.5) is 4.79 Å². The molecule has 0 radical (unpaired) electrons. The Hall–Kier alpha value is -1.75. The number of ether oxygens (including phenoxy) is 1. The second-order valence-corrected chi connectivity index (χ2v) is 7.12. The fourth-order valence-electron chi connectivity index (χ4n) is 3.14. The number of benzene rings is 1. The third-order valence-corrected chi connectivity index (χ3v) is 4.46. The number of amides is 2. The standard InChI is InChI=1S/C19H31N3O2/c1-15(2)13-22-11-9-17(10-12-22)20-19(23)21(3)14-16-5-7-18(24-4)8-6-16/h5-8,15,17H,9-14H2,1-4H3,(H,20,23). The minimum atomic E-state index is 0.00753. The van der Waals surface area contributed by atoms with Crippen LogP contribution in [0.15, 0.2) is 24.3 Å². The monoisotopic (exact) mass is 333 g/mol. The summed E-state index contributed by atoms with van der Waals surface area (Å²) in [5, 5.41) is 3.17. The van der Waals surface area contributed by atoms with Gasteiger partial charge in [0.15, 0.2) is 0 Å². The Balaban J connectivity index is 1.75. The number of nitrogens with zero attached hydrogens (tertiary/aromatic N) is 2. The van der Waals surface area contributed by atoms with Crippen LogP contribution >= 0.6 is 0 Å². The average Bonchev–Trinajstić information content (AvgIpc) is 2.56. The number of hydrogen-bond acceptors (Lipinski definition) is 3. The molecule has 0 aliphatic carbocycles. The fourth-order valence-corrected chi connectivity index (χ4v) is 3.14. The predicted octanol–water partition coefficient (Wildman–Crippen LogP) is 2.96. The number of hydrogen-bond donors (Lipinski definition) is 1. The third kappa shape index (κ3) is 5.71. The maximum atomic E-state index is 12.4. The van der Waals surface area contributed by atoms with Crippen LogP contribution in [0.5, 0.6) is 5.75 Å². The van der Waals surface area contributed by atoms with E-state index in [9.17, 15) is 4.79 Å². The van der Waals surface area contributed by atoms with E-state index in [2.05, 4.69) is 24.1 Å². The maximum absolute atomic E-state index is 12.4. The van der Waals surface area contributed by atoms with Gasteiger partial charge in [-0.1, -0.05) is 26.0 Å². The molecule has 1 aliphatic heterocycles. The van der Waals surface area contributed by atoms with E-state index >= 15 is 0 Å². The molecule has 1 aromatic carbocycles. The summed E-state index contributed by atoms with van der Waals surface area (Å²) >= 11 is 0. The van der Waals surface area contributed by atoms with Crippen molar-refractivity contribution in [1.29, 1.82) is 0 Å². The van der Waals surface area contributed by atoms with E-state index in [0.717, 1.165) is 43.8 Å². The van der Waals surface area contributed by atoms with Crippen molar-refractivity contribution < 1.29 is 9.53 Å². The van der Waals surface area contributed by atoms with E-state index in [1.165, 1.54) is 0 Å². The van der Waals surface area contributed by atoms with Crippen molar-refractivity contribution in [3.8, 4) is 5.75 Å². The lowest BCUT2D eigenvalue weighted by Gasteiger charge is -2.34. The molecule has 134 valence electrons. The number of carbonyl (C=O) groups is 1. The second-order valence-electron chi connectivity index (χ2n) is 7.12. The summed E-state index contributed by atoms with van der Waals surface area (Å²) in [5.74, 6) is 1.53. The Morgan fingerprint density at radius 1 is 1.29 bits per heavy atom. The Kier molecular flexibility index (Phi) is 6.91. The highest BCUT2D eigenvalue weighted by Crippen LogP contribution is 2.14. The lowest BCUT2D eigenvalue weighted by atomic mass is 10.0. The lowest BCUT2D eigenvalue weighted by Crippen LogP contribution is -2.48. The molecule has 2 amide bonds. The Bertz CT molecular complexity index is 508. The number of likely N-dealkylation sites (tertiary alicyclic amines) is 1. The number of carbonyl (C=O) groups excluding carboxylic acids is 1. The summed E-state index contributed by atoms with van der Waals surface area (Å²) in [5.41, 5.74) is 1.10. The minimum absolute atomic E-state index is 0.00753. The van der Waals surface area contributed by atoms with Crippen molar-refractivity contribution >= 4 is 6.03 Å². The quantitative estimate of drug-likeness (QED) is 0.870. The summed E-state index contributed by atoms with van der Waals surface area (Å²) in [6, 6.07) is 8.13. The Morgan fingerprint density at radius 3 is 2.46 bits per heavy atom. The molecule has 0 unspecified atom stereocenters. The van der Waals surface area contributed by atoms with Crippen molar-refractivity contribution in [3.05, 3.63) is 29.8 Å². The molecule has 1 N–H and O–H groups in total. The van der Waals surface area contributed by atoms with Crippen LogP contribution in [0.2, 0.25) is 0 Å². The van der Waals surface area contributed by atoms with Gasteiger partial charge in [0.2, 0.25) is 0 Å². The smallest absolute Gasteiger partial charge is 0.317 e. The highest BCUT2D eigenvalue weighted by atomic mass is 16.5. The van der Waals surface area contributed by atoms with E-state index in [1.807, 2.05) is 31.3 Å². The Morgan fingerprint density at radius 2 is 1.92 bits per heavy atom. The predicted molar refractivity (Wildman–Crippen MR) is 97.3 cm³/mol. The van der Waals surface area contributed by atoms with Gasteiger partial charge < -0.3 is 19.9 Å². The first-order valence-corrected chi connectivity index (χ1v) is 8.85. The molecule has 1 fully saturated rings.